The average Bonchev–Trinajstić information content (AvgIpc) is 2.10. The average molecular weight is 152 g/mol. The normalized spacial score (nSPS) is 7.36. The Balaban J connectivity index is 0.000000187. The molecular weight excluding hydrogens is 140 g/mol. The van der Waals surface area contributed by atoms with Gasteiger partial charge in [-0.1, -0.05) is 36.4 Å². The summed E-state index contributed by atoms with van der Waals surface area (Å²) < 4.78 is 4.15. The summed E-state index contributed by atoms with van der Waals surface area (Å²) in [5.41, 5.74) is 0. The highest BCUT2D eigenvalue weighted by molar-refractivity contribution is 5.36. The molecule has 0 aliphatic rings. The van der Waals surface area contributed by atoms with Crippen LogP contribution in [0.3, 0.4) is 0 Å². The van der Waals surface area contributed by atoms with Crippen LogP contribution in [0.5, 0.6) is 0 Å². The first-order valence-electron chi connectivity index (χ1n) is 3.47. The van der Waals surface area contributed by atoms with Gasteiger partial charge in [-0.25, -0.2) is 0 Å². The van der Waals surface area contributed by atoms with Crippen LogP contribution in [0, 0.1) is 0 Å². The molecular formula is C9H12O2. The lowest BCUT2D eigenvalue weighted by molar-refractivity contribution is -0.128. The van der Waals surface area contributed by atoms with Gasteiger partial charge in [0.25, 0.3) is 6.47 Å². The minimum Gasteiger partial charge on any atom is -0.468 e. The van der Waals surface area contributed by atoms with Crippen LogP contribution in [0.2, 0.25) is 0 Å². The van der Waals surface area contributed by atoms with Crippen LogP contribution in [-0.2, 0) is 9.53 Å². The van der Waals surface area contributed by atoms with Crippen LogP contribution >= 0.6 is 0 Å². The van der Waals surface area contributed by atoms with Crippen molar-refractivity contribution in [3.05, 3.63) is 36.4 Å². The second-order valence-corrected chi connectivity index (χ2v) is 1.71. The molecule has 0 aromatic heterocycles. The van der Waals surface area contributed by atoms with Gasteiger partial charge in [0.15, 0.2) is 0 Å². The van der Waals surface area contributed by atoms with Crippen molar-refractivity contribution in [2.75, 3.05) is 6.61 Å². The fourth-order valence-corrected chi connectivity index (χ4v) is 0.453. The number of hydrogen-bond donors (Lipinski definition) is 0. The van der Waals surface area contributed by atoms with Gasteiger partial charge in [-0.3, -0.25) is 4.79 Å². The largest absolute Gasteiger partial charge is 0.468 e. The molecule has 11 heavy (non-hydrogen) atoms. The van der Waals surface area contributed by atoms with Crippen LogP contribution in [0.1, 0.15) is 6.92 Å². The number of hydrogen-bond acceptors (Lipinski definition) is 2. The molecule has 0 saturated heterocycles. The van der Waals surface area contributed by atoms with Gasteiger partial charge in [0.05, 0.1) is 6.61 Å². The fraction of sp³-hybridized carbons (Fsp3) is 0.222. The monoisotopic (exact) mass is 152 g/mol. The zero-order chi connectivity index (χ0) is 8.36. The van der Waals surface area contributed by atoms with Crippen molar-refractivity contribution in [2.24, 2.45) is 0 Å². The van der Waals surface area contributed by atoms with E-state index in [1.54, 1.807) is 6.92 Å². The summed E-state index contributed by atoms with van der Waals surface area (Å²) in [4.78, 5) is 9.18. The third-order valence-corrected chi connectivity index (χ3v) is 0.901. The summed E-state index contributed by atoms with van der Waals surface area (Å²) in [5, 5.41) is 0. The molecule has 0 aliphatic carbocycles. The van der Waals surface area contributed by atoms with E-state index in [4.69, 9.17) is 0 Å². The van der Waals surface area contributed by atoms with E-state index in [0.717, 1.165) is 0 Å². The molecule has 60 valence electrons. The Hall–Kier alpha value is -1.31. The van der Waals surface area contributed by atoms with Crippen molar-refractivity contribution in [2.45, 2.75) is 6.92 Å². The molecule has 0 fully saturated rings. The van der Waals surface area contributed by atoms with Gasteiger partial charge in [0.2, 0.25) is 0 Å². The van der Waals surface area contributed by atoms with E-state index in [2.05, 4.69) is 4.74 Å². The van der Waals surface area contributed by atoms with E-state index in [-0.39, 0.29) is 0 Å². The van der Waals surface area contributed by atoms with Gasteiger partial charge in [-0.05, 0) is 6.92 Å². The van der Waals surface area contributed by atoms with Gasteiger partial charge < -0.3 is 4.74 Å². The first-order chi connectivity index (χ1) is 5.41. The van der Waals surface area contributed by atoms with Crippen molar-refractivity contribution in [1.82, 2.24) is 0 Å². The number of ether oxygens (including phenoxy) is 1. The standard InChI is InChI=1S/C6H6.C3H6O2/c1-2-4-6-5-3-1;1-2-5-3-4/h1-6H;3H,2H2,1H3. The highest BCUT2D eigenvalue weighted by atomic mass is 16.5. The lowest BCUT2D eigenvalue weighted by atomic mass is 10.4. The highest BCUT2D eigenvalue weighted by Gasteiger charge is 1.60. The van der Waals surface area contributed by atoms with Crippen LogP contribution in [-0.4, -0.2) is 13.1 Å². The predicted octanol–water partition coefficient (Wildman–Crippen LogP) is 1.87. The molecule has 0 saturated carbocycles. The topological polar surface area (TPSA) is 26.3 Å². The Kier molecular flexibility index (Phi) is 7.66. The van der Waals surface area contributed by atoms with E-state index >= 15 is 0 Å². The summed E-state index contributed by atoms with van der Waals surface area (Å²) in [6, 6.07) is 12.0. The maximum atomic E-state index is 9.18. The number of carbonyl (C=O) groups is 1. The molecule has 1 aromatic rings. The number of benzene rings is 1. The molecule has 0 atom stereocenters. The Morgan fingerprint density at radius 2 is 1.45 bits per heavy atom. The van der Waals surface area contributed by atoms with E-state index in [1.807, 2.05) is 36.4 Å². The lowest BCUT2D eigenvalue weighted by Gasteiger charge is -1.79. The van der Waals surface area contributed by atoms with Gasteiger partial charge in [-0.15, -0.1) is 0 Å². The van der Waals surface area contributed by atoms with Crippen LogP contribution in [0.15, 0.2) is 36.4 Å². The van der Waals surface area contributed by atoms with Crippen LogP contribution in [0.25, 0.3) is 0 Å². The number of rotatable bonds is 2. The molecule has 2 heteroatoms. The molecule has 1 aromatic carbocycles. The zero-order valence-electron chi connectivity index (χ0n) is 6.57. The second-order valence-electron chi connectivity index (χ2n) is 1.71. The zero-order valence-corrected chi connectivity index (χ0v) is 6.57. The van der Waals surface area contributed by atoms with Gasteiger partial charge in [0, 0.05) is 0 Å². The molecule has 0 heterocycles. The second kappa shape index (κ2) is 8.69. The first kappa shape index (κ1) is 9.69. The summed E-state index contributed by atoms with van der Waals surface area (Å²) in [5.74, 6) is 0. The van der Waals surface area contributed by atoms with E-state index < -0.39 is 0 Å². The van der Waals surface area contributed by atoms with E-state index in [9.17, 15) is 4.79 Å². The molecule has 0 radical (unpaired) electrons. The lowest BCUT2D eigenvalue weighted by Crippen LogP contribution is -1.80. The Morgan fingerprint density at radius 1 is 1.09 bits per heavy atom. The van der Waals surface area contributed by atoms with Gasteiger partial charge >= 0.3 is 0 Å². The molecule has 0 aliphatic heterocycles. The van der Waals surface area contributed by atoms with Crippen LogP contribution in [0.4, 0.5) is 0 Å². The van der Waals surface area contributed by atoms with E-state index in [0.29, 0.717) is 13.1 Å². The number of carbonyl (C=O) groups excluding carboxylic acids is 1. The molecule has 2 nitrogen and oxygen atoms in total. The molecule has 0 unspecified atom stereocenters. The van der Waals surface area contributed by atoms with Crippen molar-refractivity contribution >= 4 is 6.47 Å². The van der Waals surface area contributed by atoms with Crippen LogP contribution < -0.4 is 0 Å². The highest BCUT2D eigenvalue weighted by Crippen LogP contribution is 1.79. The summed E-state index contributed by atoms with van der Waals surface area (Å²) in [6.07, 6.45) is 0. The van der Waals surface area contributed by atoms with E-state index in [1.165, 1.54) is 0 Å². The molecule has 0 amide bonds. The third kappa shape index (κ3) is 8.69. The Labute approximate surface area is 66.8 Å². The Bertz CT molecular complexity index is 134. The van der Waals surface area contributed by atoms with Crippen molar-refractivity contribution in [3.8, 4) is 0 Å². The van der Waals surface area contributed by atoms with Gasteiger partial charge in [-0.2, -0.15) is 0 Å². The SMILES string of the molecule is CCOC=O.c1ccccc1. The molecule has 0 bridgehead atoms. The summed E-state index contributed by atoms with van der Waals surface area (Å²) in [7, 11) is 0. The Morgan fingerprint density at radius 3 is 1.55 bits per heavy atom. The first-order valence-corrected chi connectivity index (χ1v) is 3.47. The molecule has 0 N–H and O–H groups in total. The summed E-state index contributed by atoms with van der Waals surface area (Å²) in [6.45, 7) is 2.66. The smallest absolute Gasteiger partial charge is 0.293 e. The minimum atomic E-state index is 0.431. The fourth-order valence-electron chi connectivity index (χ4n) is 0.453. The van der Waals surface area contributed by atoms with Crippen molar-refractivity contribution < 1.29 is 9.53 Å². The maximum absolute atomic E-state index is 9.18. The van der Waals surface area contributed by atoms with Crippen molar-refractivity contribution in [3.63, 3.8) is 0 Å². The molecule has 0 spiro atoms. The minimum absolute atomic E-state index is 0.431. The predicted molar refractivity (Wildman–Crippen MR) is 44.1 cm³/mol. The third-order valence-electron chi connectivity index (χ3n) is 0.901. The van der Waals surface area contributed by atoms with Crippen molar-refractivity contribution in [1.29, 1.82) is 0 Å². The maximum Gasteiger partial charge on any atom is 0.293 e. The quantitative estimate of drug-likeness (QED) is 0.605. The summed E-state index contributed by atoms with van der Waals surface area (Å²) >= 11 is 0. The molecule has 1 rings (SSSR count). The van der Waals surface area contributed by atoms with Gasteiger partial charge in [0.1, 0.15) is 0 Å².